The van der Waals surface area contributed by atoms with Crippen LogP contribution in [0.25, 0.3) is 10.9 Å². The lowest BCUT2D eigenvalue weighted by molar-refractivity contribution is -0.139. The maximum Gasteiger partial charge on any atom is 0.324 e. The Bertz CT molecular complexity index is 537. The summed E-state index contributed by atoms with van der Waals surface area (Å²) in [4.78, 5) is 14.8. The first-order valence-corrected chi connectivity index (χ1v) is 5.13. The minimum atomic E-state index is -1.09. The average molecular weight is 232 g/mol. The zero-order valence-corrected chi connectivity index (χ0v) is 9.04. The molecule has 2 aromatic rings. The van der Waals surface area contributed by atoms with Gasteiger partial charge in [-0.2, -0.15) is 0 Å². The van der Waals surface area contributed by atoms with Crippen LogP contribution in [0.4, 0.5) is 0 Å². The number of rotatable bonds is 4. The van der Waals surface area contributed by atoms with Crippen molar-refractivity contribution in [3.05, 3.63) is 36.5 Å². The Morgan fingerprint density at radius 2 is 2.18 bits per heavy atom. The summed E-state index contributed by atoms with van der Waals surface area (Å²) in [7, 11) is 0. The molecule has 0 amide bonds. The SMILES string of the molecule is NC(COc1cccc2cccnc12)C(=O)O. The molecule has 1 unspecified atom stereocenters. The largest absolute Gasteiger partial charge is 0.489 e. The van der Waals surface area contributed by atoms with Crippen LogP contribution in [-0.4, -0.2) is 28.7 Å². The van der Waals surface area contributed by atoms with Gasteiger partial charge in [0.2, 0.25) is 0 Å². The van der Waals surface area contributed by atoms with Gasteiger partial charge in [-0.3, -0.25) is 9.78 Å². The van der Waals surface area contributed by atoms with Gasteiger partial charge < -0.3 is 15.6 Å². The fourth-order valence-electron chi connectivity index (χ4n) is 1.44. The topological polar surface area (TPSA) is 85.4 Å². The lowest BCUT2D eigenvalue weighted by atomic mass is 10.2. The maximum atomic E-state index is 10.6. The second-order valence-electron chi connectivity index (χ2n) is 3.59. The number of aromatic nitrogens is 1. The summed E-state index contributed by atoms with van der Waals surface area (Å²) in [6, 6.07) is 8.18. The first-order valence-electron chi connectivity index (χ1n) is 5.13. The maximum absolute atomic E-state index is 10.6. The second kappa shape index (κ2) is 4.80. The molecule has 5 heteroatoms. The number of hydrogen-bond acceptors (Lipinski definition) is 4. The van der Waals surface area contributed by atoms with E-state index in [0.29, 0.717) is 11.3 Å². The summed E-state index contributed by atoms with van der Waals surface area (Å²) in [5, 5.41) is 9.59. The van der Waals surface area contributed by atoms with Crippen LogP contribution in [-0.2, 0) is 4.79 Å². The molecule has 1 heterocycles. The van der Waals surface area contributed by atoms with Crippen molar-refractivity contribution in [1.82, 2.24) is 4.98 Å². The summed E-state index contributed by atoms with van der Waals surface area (Å²) in [5.41, 5.74) is 6.06. The van der Waals surface area contributed by atoms with Crippen LogP contribution in [0.2, 0.25) is 0 Å². The fourth-order valence-corrected chi connectivity index (χ4v) is 1.44. The normalized spacial score (nSPS) is 12.3. The number of carboxylic acids is 1. The van der Waals surface area contributed by atoms with Gasteiger partial charge in [0.1, 0.15) is 23.9 Å². The highest BCUT2D eigenvalue weighted by Crippen LogP contribution is 2.22. The summed E-state index contributed by atoms with van der Waals surface area (Å²) < 4.78 is 5.37. The van der Waals surface area contributed by atoms with Gasteiger partial charge in [-0.15, -0.1) is 0 Å². The molecular formula is C12H12N2O3. The predicted octanol–water partition coefficient (Wildman–Crippen LogP) is 1.03. The number of benzene rings is 1. The highest BCUT2D eigenvalue weighted by atomic mass is 16.5. The van der Waals surface area contributed by atoms with Gasteiger partial charge in [0.15, 0.2) is 0 Å². The number of carbonyl (C=O) groups is 1. The van der Waals surface area contributed by atoms with E-state index in [1.54, 1.807) is 12.3 Å². The van der Waals surface area contributed by atoms with Crippen LogP contribution in [0, 0.1) is 0 Å². The standard InChI is InChI=1S/C12H12N2O3/c13-9(12(15)16)7-17-10-5-1-3-8-4-2-6-14-11(8)10/h1-6,9H,7,13H2,(H,15,16). The first kappa shape index (κ1) is 11.3. The number of nitrogens with zero attached hydrogens (tertiary/aromatic N) is 1. The van der Waals surface area contributed by atoms with Gasteiger partial charge in [0.05, 0.1) is 0 Å². The Hall–Kier alpha value is -2.14. The number of nitrogens with two attached hydrogens (primary N) is 1. The van der Waals surface area contributed by atoms with Crippen LogP contribution in [0.3, 0.4) is 0 Å². The van der Waals surface area contributed by atoms with Crippen molar-refractivity contribution in [3.63, 3.8) is 0 Å². The third kappa shape index (κ3) is 2.51. The second-order valence-corrected chi connectivity index (χ2v) is 3.59. The van der Waals surface area contributed by atoms with Crippen molar-refractivity contribution >= 4 is 16.9 Å². The van der Waals surface area contributed by atoms with Crippen molar-refractivity contribution in [2.75, 3.05) is 6.61 Å². The van der Waals surface area contributed by atoms with E-state index in [9.17, 15) is 4.79 Å². The molecule has 5 nitrogen and oxygen atoms in total. The molecule has 0 aliphatic rings. The van der Waals surface area contributed by atoms with E-state index in [1.165, 1.54) is 0 Å². The van der Waals surface area contributed by atoms with Gasteiger partial charge in [0, 0.05) is 11.6 Å². The highest BCUT2D eigenvalue weighted by Gasteiger charge is 2.13. The number of pyridine rings is 1. The minimum Gasteiger partial charge on any atom is -0.489 e. The molecule has 1 aromatic carbocycles. The predicted molar refractivity (Wildman–Crippen MR) is 62.8 cm³/mol. The van der Waals surface area contributed by atoms with Crippen LogP contribution >= 0.6 is 0 Å². The summed E-state index contributed by atoms with van der Waals surface area (Å²) >= 11 is 0. The molecule has 0 fully saturated rings. The Balaban J connectivity index is 2.21. The minimum absolute atomic E-state index is 0.0784. The third-order valence-corrected chi connectivity index (χ3v) is 2.33. The molecule has 0 bridgehead atoms. The van der Waals surface area contributed by atoms with E-state index >= 15 is 0 Å². The number of hydrogen-bond donors (Lipinski definition) is 2. The molecule has 0 saturated carbocycles. The number of carboxylic acid groups (broad SMARTS) is 1. The summed E-state index contributed by atoms with van der Waals surface area (Å²) in [6.45, 7) is -0.0784. The Kier molecular flexibility index (Phi) is 3.20. The molecule has 3 N–H and O–H groups in total. The molecule has 0 spiro atoms. The van der Waals surface area contributed by atoms with Crippen molar-refractivity contribution in [2.45, 2.75) is 6.04 Å². The van der Waals surface area contributed by atoms with Gasteiger partial charge in [-0.05, 0) is 12.1 Å². The van der Waals surface area contributed by atoms with E-state index in [4.69, 9.17) is 15.6 Å². The van der Waals surface area contributed by atoms with E-state index in [2.05, 4.69) is 4.98 Å². The Labute approximate surface area is 97.8 Å². The van der Waals surface area contributed by atoms with E-state index in [1.807, 2.05) is 24.3 Å². The summed E-state index contributed by atoms with van der Waals surface area (Å²) in [5.74, 6) is -0.544. The number of fused-ring (bicyclic) bond motifs is 1. The monoisotopic (exact) mass is 232 g/mol. The van der Waals surface area contributed by atoms with E-state index < -0.39 is 12.0 Å². The molecule has 88 valence electrons. The lowest BCUT2D eigenvalue weighted by Crippen LogP contribution is -2.36. The smallest absolute Gasteiger partial charge is 0.324 e. The number of aliphatic carboxylic acids is 1. The van der Waals surface area contributed by atoms with E-state index in [-0.39, 0.29) is 6.61 Å². The molecule has 2 rings (SSSR count). The van der Waals surface area contributed by atoms with Crippen molar-refractivity contribution in [2.24, 2.45) is 5.73 Å². The van der Waals surface area contributed by atoms with Crippen LogP contribution in [0.15, 0.2) is 36.5 Å². The van der Waals surface area contributed by atoms with Gasteiger partial charge in [-0.25, -0.2) is 0 Å². The Morgan fingerprint density at radius 3 is 2.94 bits per heavy atom. The molecule has 17 heavy (non-hydrogen) atoms. The number of ether oxygens (including phenoxy) is 1. The van der Waals surface area contributed by atoms with E-state index in [0.717, 1.165) is 5.39 Å². The van der Waals surface area contributed by atoms with Crippen LogP contribution in [0.5, 0.6) is 5.75 Å². The highest BCUT2D eigenvalue weighted by molar-refractivity contribution is 5.84. The summed E-state index contributed by atoms with van der Waals surface area (Å²) in [6.07, 6.45) is 1.66. The van der Waals surface area contributed by atoms with Gasteiger partial charge in [0.25, 0.3) is 0 Å². The zero-order chi connectivity index (χ0) is 12.3. The number of para-hydroxylation sites is 1. The molecule has 0 saturated heterocycles. The molecule has 1 aromatic heterocycles. The fraction of sp³-hybridized carbons (Fsp3) is 0.167. The molecular weight excluding hydrogens is 220 g/mol. The van der Waals surface area contributed by atoms with Crippen LogP contribution in [0.1, 0.15) is 0 Å². The molecule has 0 aliphatic carbocycles. The lowest BCUT2D eigenvalue weighted by Gasteiger charge is -2.10. The van der Waals surface area contributed by atoms with Gasteiger partial charge in [-0.1, -0.05) is 18.2 Å². The third-order valence-electron chi connectivity index (χ3n) is 2.33. The van der Waals surface area contributed by atoms with Gasteiger partial charge >= 0.3 is 5.97 Å². The van der Waals surface area contributed by atoms with Crippen molar-refractivity contribution in [1.29, 1.82) is 0 Å². The molecule has 0 radical (unpaired) electrons. The quantitative estimate of drug-likeness (QED) is 0.822. The molecule has 1 atom stereocenters. The van der Waals surface area contributed by atoms with Crippen LogP contribution < -0.4 is 10.5 Å². The van der Waals surface area contributed by atoms with Crippen molar-refractivity contribution in [3.8, 4) is 5.75 Å². The molecule has 0 aliphatic heterocycles. The van der Waals surface area contributed by atoms with Crippen molar-refractivity contribution < 1.29 is 14.6 Å². The Morgan fingerprint density at radius 1 is 1.41 bits per heavy atom. The first-order chi connectivity index (χ1) is 8.18. The average Bonchev–Trinajstić information content (AvgIpc) is 2.35. The zero-order valence-electron chi connectivity index (χ0n) is 9.04.